The van der Waals surface area contributed by atoms with Crippen molar-refractivity contribution in [2.45, 2.75) is 211 Å². The SMILES string of the molecule is CO[C@H]1CC2CCC[C@@](O)(O2)C(=O)C(=O)N2CCCC[C@H]2C(=O)O[C@H](CC[C@H]2CC[C@H](OC(=S)NCCOCCOCCOCCOCCOCCOCCOCCOCCC(=O)N3CCc4cc(Cn5nc(-c6ccc7oc(N)nc7c6)c6c(N)ncnc65)ccc4C3)CC2)CC(=O)[C@H](C)/C=C(\C)[C@@H](O)[C@@H](O)C(O)[C@H](C)C[C@H](C)/C=C/C=C/C=C/1C. The Labute approximate surface area is 720 Å². The first-order chi connectivity index (χ1) is 58.9. The van der Waals surface area contributed by atoms with Crippen LogP contribution in [0.1, 0.15) is 154 Å². The van der Waals surface area contributed by atoms with Gasteiger partial charge in [0.05, 0.1) is 142 Å². The molecule has 672 valence electrons. The number of fused-ring (bicyclic) bond motifs is 6. The van der Waals surface area contributed by atoms with Crippen molar-refractivity contribution in [1.82, 2.24) is 39.8 Å². The summed E-state index contributed by atoms with van der Waals surface area (Å²) in [6.45, 7) is 17.5. The van der Waals surface area contributed by atoms with Crippen LogP contribution in [0.4, 0.5) is 11.8 Å². The molecule has 2 saturated heterocycles. The van der Waals surface area contributed by atoms with Gasteiger partial charge in [-0.25, -0.2) is 19.4 Å². The Bertz CT molecular complexity index is 4300. The largest absolute Gasteiger partial charge is 0.468 e. The van der Waals surface area contributed by atoms with Crippen molar-refractivity contribution >= 4 is 80.7 Å². The molecule has 1 saturated carbocycles. The smallest absolute Gasteiger partial charge is 0.329 e. The molecule has 5 aromatic rings. The third kappa shape index (κ3) is 29.3. The molecular weight excluding hydrogens is 1590 g/mol. The monoisotopic (exact) mass is 1720 g/mol. The van der Waals surface area contributed by atoms with Gasteiger partial charge in [0.25, 0.3) is 22.9 Å². The van der Waals surface area contributed by atoms with E-state index in [2.05, 4.69) is 38.5 Å². The molecule has 3 fully saturated rings. The lowest BCUT2D eigenvalue weighted by Gasteiger charge is -2.39. The van der Waals surface area contributed by atoms with Crippen LogP contribution in [-0.2, 0) is 100 Å². The number of nitrogens with zero attached hydrogens (tertiary/aromatic N) is 7. The second-order valence-electron chi connectivity index (χ2n) is 32.5. The Morgan fingerprint density at radius 3 is 2.07 bits per heavy atom. The van der Waals surface area contributed by atoms with E-state index in [1.54, 1.807) is 33.1 Å². The van der Waals surface area contributed by atoms with E-state index < -0.39 is 77.9 Å². The van der Waals surface area contributed by atoms with Gasteiger partial charge in [0, 0.05) is 64.0 Å². The Balaban J connectivity index is 0.527. The number of aliphatic hydroxyl groups excluding tert-OH is 3. The quantitative estimate of drug-likeness (QED) is 0.00658. The van der Waals surface area contributed by atoms with Crippen LogP contribution >= 0.6 is 12.2 Å². The number of aliphatic hydroxyl groups is 4. The number of thiocarbonyl (C=S) groups is 1. The maximum absolute atomic E-state index is 14.4. The highest BCUT2D eigenvalue weighted by atomic mass is 32.1. The average molecular weight is 1720 g/mol. The first-order valence-electron chi connectivity index (χ1n) is 43.3. The third-order valence-corrected chi connectivity index (χ3v) is 23.5. The number of carbonyl (C=O) groups is 5. The van der Waals surface area contributed by atoms with Crippen LogP contribution < -0.4 is 16.8 Å². The molecule has 122 heavy (non-hydrogen) atoms. The number of hydrogen-bond donors (Lipinski definition) is 7. The van der Waals surface area contributed by atoms with E-state index in [4.69, 9.17) is 90.0 Å². The van der Waals surface area contributed by atoms with Crippen molar-refractivity contribution in [2.24, 2.45) is 23.7 Å². The van der Waals surface area contributed by atoms with E-state index in [9.17, 15) is 44.4 Å². The van der Waals surface area contributed by atoms with E-state index in [0.717, 1.165) is 54.4 Å². The predicted octanol–water partition coefficient (Wildman–Crippen LogP) is 8.37. The number of nitrogens with one attached hydrogen (secondary N) is 1. The number of nitrogens with two attached hydrogens (primary N) is 2. The zero-order valence-corrected chi connectivity index (χ0v) is 72.5. The molecule has 1 aliphatic carbocycles. The van der Waals surface area contributed by atoms with Crippen LogP contribution in [0.25, 0.3) is 33.4 Å². The zero-order valence-electron chi connectivity index (χ0n) is 71.6. The number of methoxy groups -OCH3 is 1. The summed E-state index contributed by atoms with van der Waals surface area (Å²) in [6.07, 6.45) is 13.9. The second-order valence-corrected chi connectivity index (χ2v) is 32.9. The van der Waals surface area contributed by atoms with Crippen LogP contribution in [0.15, 0.2) is 94.7 Å². The fourth-order valence-electron chi connectivity index (χ4n) is 16.3. The standard InChI is InChI=1S/C89H128N10O22S/c1-58-13-8-7-9-14-59(2)75(109-6)54-70-15-12-29-89(108,121-70)82(105)85(106)98-31-11-10-16-72(98)86(107)118-69(53-73(100)60(3)50-62(5)80(103)81(104)79(102)61(4)49-58)25-20-63-18-23-68(24-19-63)119-88(122)92-30-34-111-36-38-113-40-42-115-44-46-117-48-47-116-45-43-114-41-39-112-37-35-110-33-28-76(101)97-32-27-65-51-64(17-21-67(65)56-97)55-99-84-77(83(90)93-57-94-84)78(96-99)66-22-26-74-71(52-66)95-87(91)120-74/h7-9,13-14,17,21-22,26,50-52,57-58,60-61,63,68-70,72,75,79-81,102-104,108H,10-12,15-16,18-20,23-25,27-49,53-56H2,1-6H3,(H2,91,95)(H,92,122)(H2,90,93,94)/b9-7+,13-8+,59-14+,62-50+/t58-,60-,61-,63-,68-,69-,70?,72+,75+,79?,80-,81+,89-/m1/s1. The fraction of sp³-hybridized carbons (Fsp3) is 0.640. The minimum Gasteiger partial charge on any atom is -0.468 e. The van der Waals surface area contributed by atoms with Crippen LogP contribution in [0, 0.1) is 23.7 Å². The molecular formula is C89H128N10O22S. The molecule has 5 aliphatic rings. The number of oxazole rings is 1. The number of ketones is 2. The van der Waals surface area contributed by atoms with Gasteiger partial charge in [-0.2, -0.15) is 10.1 Å². The number of anilines is 2. The van der Waals surface area contributed by atoms with Crippen molar-refractivity contribution in [1.29, 1.82) is 0 Å². The molecule has 2 aromatic carbocycles. The average Bonchev–Trinajstić information content (AvgIpc) is 1.60. The minimum absolute atomic E-state index is 0.00608. The van der Waals surface area contributed by atoms with E-state index in [-0.39, 0.29) is 73.0 Å². The van der Waals surface area contributed by atoms with Crippen molar-refractivity contribution in [3.63, 3.8) is 0 Å². The van der Waals surface area contributed by atoms with Crippen LogP contribution in [0.3, 0.4) is 0 Å². The van der Waals surface area contributed by atoms with E-state index in [0.29, 0.717) is 222 Å². The van der Waals surface area contributed by atoms with Gasteiger partial charge in [-0.1, -0.05) is 75.4 Å². The molecule has 0 radical (unpaired) electrons. The van der Waals surface area contributed by atoms with Gasteiger partial charge in [0.2, 0.25) is 11.7 Å². The number of amides is 2. The van der Waals surface area contributed by atoms with Gasteiger partial charge in [-0.05, 0) is 173 Å². The van der Waals surface area contributed by atoms with Gasteiger partial charge in [-0.3, -0.25) is 19.2 Å². The lowest BCUT2D eigenvalue weighted by atomic mass is 9.83. The van der Waals surface area contributed by atoms with Crippen LogP contribution in [0.5, 0.6) is 0 Å². The topological polar surface area (TPSA) is 417 Å². The molecule has 7 heterocycles. The molecule has 10 rings (SSSR count). The number of carbonyl (C=O) groups excluding carboxylic acids is 5. The first kappa shape index (κ1) is 96.1. The molecule has 2 bridgehead atoms. The molecule has 0 spiro atoms. The number of cyclic esters (lactones) is 1. The lowest BCUT2D eigenvalue weighted by molar-refractivity contribution is -0.245. The van der Waals surface area contributed by atoms with Crippen molar-refractivity contribution in [2.75, 3.05) is 144 Å². The summed E-state index contributed by atoms with van der Waals surface area (Å²) in [4.78, 5) is 86.3. The summed E-state index contributed by atoms with van der Waals surface area (Å²) < 4.78 is 76.8. The predicted molar refractivity (Wildman–Crippen MR) is 459 cm³/mol. The Hall–Kier alpha value is -8.10. The zero-order chi connectivity index (χ0) is 86.9. The number of nitrogen functional groups attached to an aromatic ring is 2. The third-order valence-electron chi connectivity index (χ3n) is 23.2. The molecule has 4 aliphatic heterocycles. The van der Waals surface area contributed by atoms with Crippen LogP contribution in [0.2, 0.25) is 0 Å². The summed E-state index contributed by atoms with van der Waals surface area (Å²) in [5.41, 5.74) is 19.9. The Morgan fingerprint density at radius 1 is 0.721 bits per heavy atom. The molecule has 32 nitrogen and oxygen atoms in total. The van der Waals surface area contributed by atoms with E-state index in [1.165, 1.54) is 16.8 Å². The Kier molecular flexibility index (Phi) is 39.0. The summed E-state index contributed by atoms with van der Waals surface area (Å²) in [7, 11) is 1.57. The van der Waals surface area contributed by atoms with Crippen molar-refractivity contribution in [3.8, 4) is 11.3 Å². The lowest BCUT2D eigenvalue weighted by Crippen LogP contribution is -2.58. The van der Waals surface area contributed by atoms with Crippen molar-refractivity contribution in [3.05, 3.63) is 107 Å². The van der Waals surface area contributed by atoms with E-state index >= 15 is 0 Å². The summed E-state index contributed by atoms with van der Waals surface area (Å²) in [5, 5.41) is 54.6. The number of hydrogen-bond acceptors (Lipinski definition) is 29. The maximum Gasteiger partial charge on any atom is 0.329 e. The summed E-state index contributed by atoms with van der Waals surface area (Å²) >= 11 is 5.54. The summed E-state index contributed by atoms with van der Waals surface area (Å²) in [5.74, 6) is -6.24. The molecule has 2 amide bonds. The van der Waals surface area contributed by atoms with Gasteiger partial charge in [0.1, 0.15) is 59.6 Å². The highest BCUT2D eigenvalue weighted by Gasteiger charge is 2.50. The minimum atomic E-state index is -2.41. The normalized spacial score (nSPS) is 26.7. The van der Waals surface area contributed by atoms with Gasteiger partial charge < -0.3 is 108 Å². The first-order valence-corrected chi connectivity index (χ1v) is 43.7. The highest BCUT2D eigenvalue weighted by Crippen LogP contribution is 2.37. The Morgan fingerprint density at radius 2 is 1.39 bits per heavy atom. The fourth-order valence-corrected chi connectivity index (χ4v) is 16.5. The van der Waals surface area contributed by atoms with Gasteiger partial charge >= 0.3 is 5.97 Å². The van der Waals surface area contributed by atoms with Gasteiger partial charge in [-0.15, -0.1) is 0 Å². The second kappa shape index (κ2) is 49.6. The number of ether oxygens (including phenoxy) is 12. The number of esters is 1. The number of allylic oxidation sites excluding steroid dienone is 6. The number of benzene rings is 2. The number of rotatable bonds is 35. The van der Waals surface area contributed by atoms with Gasteiger partial charge in [0.15, 0.2) is 11.2 Å². The molecule has 3 aromatic heterocycles. The van der Waals surface area contributed by atoms with Crippen molar-refractivity contribution < 1.29 is 106 Å². The molecule has 2 unspecified atom stereocenters. The number of aromatic nitrogens is 5. The maximum atomic E-state index is 14.4. The highest BCUT2D eigenvalue weighted by molar-refractivity contribution is 7.80. The number of piperidine rings is 1. The summed E-state index contributed by atoms with van der Waals surface area (Å²) in [6, 6.07) is 10.8. The molecule has 9 N–H and O–H groups in total. The van der Waals surface area contributed by atoms with E-state index in [1.807, 2.05) is 72.9 Å². The molecule has 33 heteroatoms. The van der Waals surface area contributed by atoms with Crippen LogP contribution in [-0.4, -0.2) is 276 Å². The number of Topliss-reactive ketones (excluding diaryl/α,β-unsaturated/α-hetero) is 2. The molecule has 11 atom stereocenters.